The van der Waals surface area contributed by atoms with Crippen molar-refractivity contribution in [2.45, 2.75) is 13.8 Å². The van der Waals surface area contributed by atoms with Gasteiger partial charge in [0, 0.05) is 18.5 Å². The number of rotatable bonds is 9. The van der Waals surface area contributed by atoms with Gasteiger partial charge in [-0.25, -0.2) is 4.79 Å². The van der Waals surface area contributed by atoms with Crippen LogP contribution in [0.2, 0.25) is 0 Å². The summed E-state index contributed by atoms with van der Waals surface area (Å²) in [6, 6.07) is 8.94. The minimum atomic E-state index is -0.645. The van der Waals surface area contributed by atoms with Crippen molar-refractivity contribution in [2.75, 3.05) is 31.7 Å². The first-order valence-electron chi connectivity index (χ1n) is 7.05. The molecule has 0 spiro atoms. The normalized spacial score (nSPS) is 10.7. The molecule has 0 saturated heterocycles. The highest BCUT2D eigenvalue weighted by Crippen LogP contribution is 2.16. The minimum absolute atomic E-state index is 0.0844. The lowest BCUT2D eigenvalue weighted by atomic mass is 10.3. The van der Waals surface area contributed by atoms with Crippen molar-refractivity contribution in [3.05, 3.63) is 36.0 Å². The molecule has 0 heterocycles. The number of ether oxygens (including phenoxy) is 3. The molecule has 0 aliphatic rings. The van der Waals surface area contributed by atoms with E-state index in [4.69, 9.17) is 19.5 Å². The van der Waals surface area contributed by atoms with E-state index in [2.05, 4.69) is 5.32 Å². The molecular weight excluding hydrogens is 284 g/mol. The van der Waals surface area contributed by atoms with E-state index < -0.39 is 5.97 Å². The highest BCUT2D eigenvalue weighted by Gasteiger charge is 2.08. The third-order valence-corrected chi connectivity index (χ3v) is 2.55. The Morgan fingerprint density at radius 1 is 1.23 bits per heavy atom. The van der Waals surface area contributed by atoms with Gasteiger partial charge in [0.15, 0.2) is 5.57 Å². The van der Waals surface area contributed by atoms with Gasteiger partial charge in [-0.2, -0.15) is 5.26 Å². The van der Waals surface area contributed by atoms with Crippen LogP contribution in [0.1, 0.15) is 13.8 Å². The van der Waals surface area contributed by atoms with E-state index in [1.165, 1.54) is 6.20 Å². The van der Waals surface area contributed by atoms with E-state index >= 15 is 0 Å². The molecule has 0 radical (unpaired) electrons. The predicted molar refractivity (Wildman–Crippen MR) is 82.4 cm³/mol. The molecule has 0 unspecified atom stereocenters. The topological polar surface area (TPSA) is 80.6 Å². The van der Waals surface area contributed by atoms with Gasteiger partial charge >= 0.3 is 5.97 Å². The zero-order chi connectivity index (χ0) is 16.2. The summed E-state index contributed by atoms with van der Waals surface area (Å²) < 4.78 is 15.4. The number of nitriles is 1. The maximum Gasteiger partial charge on any atom is 0.350 e. The number of benzene rings is 1. The second kappa shape index (κ2) is 10.2. The molecule has 22 heavy (non-hydrogen) atoms. The molecule has 0 aromatic heterocycles. The summed E-state index contributed by atoms with van der Waals surface area (Å²) in [5.74, 6) is 0.0773. The highest BCUT2D eigenvalue weighted by atomic mass is 16.5. The van der Waals surface area contributed by atoms with Gasteiger partial charge in [0.2, 0.25) is 0 Å². The molecule has 0 atom stereocenters. The van der Waals surface area contributed by atoms with Crippen LogP contribution in [0.3, 0.4) is 0 Å². The largest absolute Gasteiger partial charge is 0.491 e. The first-order chi connectivity index (χ1) is 10.7. The summed E-state index contributed by atoms with van der Waals surface area (Å²) in [6.45, 7) is 5.54. The van der Waals surface area contributed by atoms with Gasteiger partial charge in [-0.15, -0.1) is 0 Å². The van der Waals surface area contributed by atoms with Gasteiger partial charge in [0.25, 0.3) is 0 Å². The van der Waals surface area contributed by atoms with Crippen molar-refractivity contribution in [3.63, 3.8) is 0 Å². The fourth-order valence-electron chi connectivity index (χ4n) is 1.51. The summed E-state index contributed by atoms with van der Waals surface area (Å²) in [5, 5.41) is 11.8. The Balaban J connectivity index is 2.53. The Kier molecular flexibility index (Phi) is 8.16. The van der Waals surface area contributed by atoms with Crippen molar-refractivity contribution in [2.24, 2.45) is 0 Å². The van der Waals surface area contributed by atoms with E-state index in [0.29, 0.717) is 19.8 Å². The third kappa shape index (κ3) is 6.29. The fraction of sp³-hybridized carbons (Fsp3) is 0.375. The maximum atomic E-state index is 11.4. The molecule has 1 N–H and O–H groups in total. The first-order valence-corrected chi connectivity index (χ1v) is 7.05. The maximum absolute atomic E-state index is 11.4. The van der Waals surface area contributed by atoms with Crippen LogP contribution in [0.25, 0.3) is 0 Å². The zero-order valence-corrected chi connectivity index (χ0v) is 12.8. The quantitative estimate of drug-likeness (QED) is 0.327. The molecular formula is C16H20N2O4. The summed E-state index contributed by atoms with van der Waals surface area (Å²) in [7, 11) is 0. The van der Waals surface area contributed by atoms with Gasteiger partial charge < -0.3 is 19.5 Å². The molecule has 0 fully saturated rings. The van der Waals surface area contributed by atoms with Gasteiger partial charge in [-0.3, -0.25) is 0 Å². The minimum Gasteiger partial charge on any atom is -0.491 e. The monoisotopic (exact) mass is 304 g/mol. The molecule has 1 rings (SSSR count). The van der Waals surface area contributed by atoms with Crippen LogP contribution < -0.4 is 10.1 Å². The van der Waals surface area contributed by atoms with Crippen LogP contribution in [0.15, 0.2) is 36.0 Å². The Bertz CT molecular complexity index is 532. The van der Waals surface area contributed by atoms with E-state index in [0.717, 1.165) is 11.4 Å². The highest BCUT2D eigenvalue weighted by molar-refractivity contribution is 5.93. The molecule has 1 aromatic carbocycles. The third-order valence-electron chi connectivity index (χ3n) is 2.55. The number of hydrogen-bond acceptors (Lipinski definition) is 6. The van der Waals surface area contributed by atoms with Gasteiger partial charge in [0.05, 0.1) is 13.2 Å². The number of nitrogens with zero attached hydrogens (tertiary/aromatic N) is 1. The van der Waals surface area contributed by atoms with Crippen LogP contribution in [-0.2, 0) is 14.3 Å². The van der Waals surface area contributed by atoms with Crippen LogP contribution in [-0.4, -0.2) is 32.4 Å². The van der Waals surface area contributed by atoms with E-state index in [1.54, 1.807) is 37.3 Å². The average Bonchev–Trinajstić information content (AvgIpc) is 2.54. The molecule has 0 aliphatic heterocycles. The predicted octanol–water partition coefficient (Wildman–Crippen LogP) is 2.48. The molecule has 6 heteroatoms. The molecule has 6 nitrogen and oxygen atoms in total. The van der Waals surface area contributed by atoms with Crippen molar-refractivity contribution >= 4 is 11.7 Å². The second-order valence-electron chi connectivity index (χ2n) is 4.10. The number of hydrogen-bond donors (Lipinski definition) is 1. The second-order valence-corrected chi connectivity index (χ2v) is 4.10. The van der Waals surface area contributed by atoms with E-state index in [1.807, 2.05) is 6.92 Å². The Morgan fingerprint density at radius 3 is 2.55 bits per heavy atom. The number of anilines is 1. The average molecular weight is 304 g/mol. The summed E-state index contributed by atoms with van der Waals surface area (Å²) >= 11 is 0. The molecule has 0 aliphatic carbocycles. The number of nitrogens with one attached hydrogen (secondary N) is 1. The van der Waals surface area contributed by atoms with E-state index in [-0.39, 0.29) is 12.2 Å². The number of carbonyl (C=O) groups is 1. The van der Waals surface area contributed by atoms with Crippen LogP contribution in [0.4, 0.5) is 5.69 Å². The van der Waals surface area contributed by atoms with Gasteiger partial charge in [0.1, 0.15) is 18.4 Å². The lowest BCUT2D eigenvalue weighted by Crippen LogP contribution is -2.08. The van der Waals surface area contributed by atoms with Crippen molar-refractivity contribution < 1.29 is 19.0 Å². The summed E-state index contributed by atoms with van der Waals surface area (Å²) in [6.07, 6.45) is 1.32. The fourth-order valence-corrected chi connectivity index (χ4v) is 1.51. The van der Waals surface area contributed by atoms with Crippen LogP contribution in [0.5, 0.6) is 5.75 Å². The van der Waals surface area contributed by atoms with Crippen molar-refractivity contribution in [1.82, 2.24) is 0 Å². The molecule has 0 bridgehead atoms. The first kappa shape index (κ1) is 17.5. The van der Waals surface area contributed by atoms with Gasteiger partial charge in [-0.1, -0.05) is 0 Å². The number of esters is 1. The summed E-state index contributed by atoms with van der Waals surface area (Å²) in [5.41, 5.74) is 0.646. The Labute approximate surface area is 130 Å². The van der Waals surface area contributed by atoms with E-state index in [9.17, 15) is 4.79 Å². The lowest BCUT2D eigenvalue weighted by Gasteiger charge is -2.07. The van der Waals surface area contributed by atoms with Gasteiger partial charge in [-0.05, 0) is 38.1 Å². The molecule has 0 amide bonds. The number of carbonyl (C=O) groups excluding carboxylic acids is 1. The smallest absolute Gasteiger partial charge is 0.350 e. The Hall–Kier alpha value is -2.52. The lowest BCUT2D eigenvalue weighted by molar-refractivity contribution is -0.138. The van der Waals surface area contributed by atoms with Crippen LogP contribution >= 0.6 is 0 Å². The SMILES string of the molecule is CCOCCOc1ccc(N/C=C(/C#N)C(=O)OCC)cc1. The Morgan fingerprint density at radius 2 is 1.95 bits per heavy atom. The molecule has 1 aromatic rings. The molecule has 0 saturated carbocycles. The van der Waals surface area contributed by atoms with Crippen molar-refractivity contribution in [3.8, 4) is 11.8 Å². The zero-order valence-electron chi connectivity index (χ0n) is 12.8. The van der Waals surface area contributed by atoms with Crippen molar-refractivity contribution in [1.29, 1.82) is 5.26 Å². The molecule has 118 valence electrons. The van der Waals surface area contributed by atoms with Crippen LogP contribution in [0, 0.1) is 11.3 Å². The standard InChI is InChI=1S/C16H20N2O4/c1-3-20-9-10-22-15-7-5-14(6-8-15)18-12-13(11-17)16(19)21-4-2/h5-8,12,18H,3-4,9-10H2,1-2H3/b13-12-. The summed E-state index contributed by atoms with van der Waals surface area (Å²) in [4.78, 5) is 11.4.